The molecule has 0 fully saturated rings. The molecule has 0 spiro atoms. The fourth-order valence-electron chi connectivity index (χ4n) is 0.303. The summed E-state index contributed by atoms with van der Waals surface area (Å²) in [6.45, 7) is 14.8. The molecule has 0 unspecified atom stereocenters. The predicted octanol–water partition coefficient (Wildman–Crippen LogP) is 4.87. The van der Waals surface area contributed by atoms with Gasteiger partial charge in [-0.05, 0) is 13.0 Å². The molecule has 4 heteroatoms. The number of aromatic nitrogens is 2. The summed E-state index contributed by atoms with van der Waals surface area (Å²) in [5.74, 6) is 0. The third-order valence-corrected chi connectivity index (χ3v) is 1.14. The van der Waals surface area contributed by atoms with Crippen LogP contribution in [0.4, 0.5) is 0 Å². The number of aromatic amines is 1. The Morgan fingerprint density at radius 3 is 1.71 bits per heavy atom. The summed E-state index contributed by atoms with van der Waals surface area (Å²) < 4.78 is 5.26. The molecule has 1 N–H and O–H groups in total. The first-order valence-corrected chi connectivity index (χ1v) is 6.69. The summed E-state index contributed by atoms with van der Waals surface area (Å²) in [6, 6.07) is 1.73. The highest BCUT2D eigenvalue weighted by Gasteiger charge is 1.66. The first kappa shape index (κ1) is 25.2. The smallest absolute Gasteiger partial charge is 0.105 e. The predicted molar refractivity (Wildman–Crippen MR) is 81.0 cm³/mol. The van der Waals surface area contributed by atoms with Crippen LogP contribution in [-0.2, 0) is 4.74 Å². The van der Waals surface area contributed by atoms with E-state index < -0.39 is 0 Å². The second-order valence-corrected chi connectivity index (χ2v) is 2.12. The molecule has 0 aliphatic rings. The Bertz CT molecular complexity index is 207. The molecule has 1 aromatic rings. The lowest BCUT2D eigenvalue weighted by atomic mass is 10.7. The first-order chi connectivity index (χ1) is 8.31. The highest BCUT2D eigenvalue weighted by molar-refractivity contribution is 7.71. The molecule has 0 saturated carbocycles. The van der Waals surface area contributed by atoms with Crippen molar-refractivity contribution < 1.29 is 4.74 Å². The van der Waals surface area contributed by atoms with Crippen molar-refractivity contribution in [1.82, 2.24) is 9.97 Å². The Labute approximate surface area is 113 Å². The maximum absolute atomic E-state index is 4.72. The van der Waals surface area contributed by atoms with Gasteiger partial charge in [-0.15, -0.1) is 0 Å². The minimum absolute atomic E-state index is 0.718. The third kappa shape index (κ3) is 39.3. The topological polar surface area (TPSA) is 37.9 Å². The number of hydrogen-bond acceptors (Lipinski definition) is 3. The monoisotopic (exact) mass is 262 g/mol. The van der Waals surface area contributed by atoms with E-state index in [2.05, 4.69) is 14.7 Å². The zero-order chi connectivity index (χ0) is 14.5. The SMILES string of the molecule is CC.CC.CC.CCOC.S=c1ccnc[nH]1. The Morgan fingerprint density at radius 2 is 1.59 bits per heavy atom. The van der Waals surface area contributed by atoms with Crippen LogP contribution in [0.15, 0.2) is 18.6 Å². The van der Waals surface area contributed by atoms with Gasteiger partial charge < -0.3 is 9.72 Å². The Balaban J connectivity index is -0.0000000735. The van der Waals surface area contributed by atoms with Crippen LogP contribution in [0.25, 0.3) is 0 Å². The van der Waals surface area contributed by atoms with Gasteiger partial charge in [-0.25, -0.2) is 4.98 Å². The lowest BCUT2D eigenvalue weighted by Crippen LogP contribution is -1.73. The highest BCUT2D eigenvalue weighted by atomic mass is 32.1. The second-order valence-electron chi connectivity index (χ2n) is 1.68. The normalized spacial score (nSPS) is 6.35. The van der Waals surface area contributed by atoms with E-state index in [4.69, 9.17) is 12.2 Å². The molecule has 0 bridgehead atoms. The highest BCUT2D eigenvalue weighted by Crippen LogP contribution is 1.76. The van der Waals surface area contributed by atoms with Gasteiger partial charge >= 0.3 is 0 Å². The zero-order valence-corrected chi connectivity index (χ0v) is 13.5. The Morgan fingerprint density at radius 1 is 1.18 bits per heavy atom. The van der Waals surface area contributed by atoms with Crippen molar-refractivity contribution in [1.29, 1.82) is 0 Å². The van der Waals surface area contributed by atoms with E-state index in [0.29, 0.717) is 0 Å². The first-order valence-electron chi connectivity index (χ1n) is 6.29. The molecule has 0 aliphatic carbocycles. The fraction of sp³-hybridized carbons (Fsp3) is 0.692. The second kappa shape index (κ2) is 36.2. The molecule has 0 saturated heterocycles. The molecule has 1 rings (SSSR count). The number of hydrogen-bond donors (Lipinski definition) is 1. The van der Waals surface area contributed by atoms with E-state index >= 15 is 0 Å². The van der Waals surface area contributed by atoms with Crippen LogP contribution in [0.5, 0.6) is 0 Å². The van der Waals surface area contributed by atoms with E-state index in [9.17, 15) is 0 Å². The summed E-state index contributed by atoms with van der Waals surface area (Å²) in [5.41, 5.74) is 0. The van der Waals surface area contributed by atoms with Gasteiger partial charge in [0, 0.05) is 19.9 Å². The molecule has 3 nitrogen and oxygen atoms in total. The molecule has 0 amide bonds. The molecule has 1 heterocycles. The molecule has 104 valence electrons. The van der Waals surface area contributed by atoms with Gasteiger partial charge in [-0.2, -0.15) is 0 Å². The average Bonchev–Trinajstić information content (AvgIpc) is 2.46. The minimum atomic E-state index is 0.718. The van der Waals surface area contributed by atoms with Crippen LogP contribution in [0, 0.1) is 4.64 Å². The van der Waals surface area contributed by atoms with Crippen LogP contribution >= 0.6 is 12.2 Å². The van der Waals surface area contributed by atoms with Crippen LogP contribution < -0.4 is 0 Å². The lowest BCUT2D eigenvalue weighted by molar-refractivity contribution is 0.215. The maximum Gasteiger partial charge on any atom is 0.105 e. The summed E-state index contributed by atoms with van der Waals surface area (Å²) in [5, 5.41) is 0. The number of H-pyrrole nitrogens is 1. The summed E-state index contributed by atoms with van der Waals surface area (Å²) >= 11 is 4.72. The standard InChI is InChI=1S/C4H4N2S.C3H8O.3C2H6/c7-4-1-2-5-3-6-4;1-3-4-2;3*1-2/h1-3H,(H,5,6,7);3H2,1-2H3;3*1-2H3. The summed E-state index contributed by atoms with van der Waals surface area (Å²) in [7, 11) is 1.68. The van der Waals surface area contributed by atoms with Gasteiger partial charge in [0.2, 0.25) is 0 Å². The molecule has 0 atom stereocenters. The van der Waals surface area contributed by atoms with Crippen molar-refractivity contribution in [2.75, 3.05) is 13.7 Å². The van der Waals surface area contributed by atoms with E-state index in [0.717, 1.165) is 11.2 Å². The molecule has 1 aromatic heterocycles. The van der Waals surface area contributed by atoms with E-state index in [-0.39, 0.29) is 0 Å². The van der Waals surface area contributed by atoms with Crippen molar-refractivity contribution in [3.8, 4) is 0 Å². The van der Waals surface area contributed by atoms with E-state index in [1.165, 1.54) is 0 Å². The van der Waals surface area contributed by atoms with E-state index in [1.54, 1.807) is 25.7 Å². The molecule has 0 aliphatic heterocycles. The Kier molecular flexibility index (Phi) is 53.6. The number of rotatable bonds is 1. The number of nitrogens with zero attached hydrogens (tertiary/aromatic N) is 1. The quantitative estimate of drug-likeness (QED) is 0.734. The molecule has 17 heavy (non-hydrogen) atoms. The maximum atomic E-state index is 4.72. The van der Waals surface area contributed by atoms with Gasteiger partial charge in [0.25, 0.3) is 0 Å². The minimum Gasteiger partial charge on any atom is -0.385 e. The van der Waals surface area contributed by atoms with Gasteiger partial charge in [0.15, 0.2) is 0 Å². The molecule has 0 radical (unpaired) electrons. The van der Waals surface area contributed by atoms with Gasteiger partial charge in [0.1, 0.15) is 4.64 Å². The van der Waals surface area contributed by atoms with Crippen LogP contribution in [-0.4, -0.2) is 23.7 Å². The van der Waals surface area contributed by atoms with Crippen LogP contribution in [0.1, 0.15) is 48.5 Å². The number of methoxy groups -OCH3 is 1. The van der Waals surface area contributed by atoms with Crippen LogP contribution in [0.2, 0.25) is 0 Å². The zero-order valence-electron chi connectivity index (χ0n) is 12.7. The number of ether oxygens (including phenoxy) is 1. The van der Waals surface area contributed by atoms with Gasteiger partial charge in [-0.3, -0.25) is 0 Å². The molecular formula is C13H30N2OS. The Hall–Kier alpha value is -0.740. The van der Waals surface area contributed by atoms with Crippen molar-refractivity contribution in [2.45, 2.75) is 48.5 Å². The molecule has 0 aromatic carbocycles. The van der Waals surface area contributed by atoms with Crippen molar-refractivity contribution in [3.63, 3.8) is 0 Å². The van der Waals surface area contributed by atoms with Gasteiger partial charge in [0.05, 0.1) is 6.33 Å². The summed E-state index contributed by atoms with van der Waals surface area (Å²) in [6.07, 6.45) is 3.21. The largest absolute Gasteiger partial charge is 0.385 e. The van der Waals surface area contributed by atoms with E-state index in [1.807, 2.05) is 48.5 Å². The molecular weight excluding hydrogens is 232 g/mol. The van der Waals surface area contributed by atoms with Crippen molar-refractivity contribution in [3.05, 3.63) is 23.2 Å². The summed E-state index contributed by atoms with van der Waals surface area (Å²) in [4.78, 5) is 6.46. The van der Waals surface area contributed by atoms with Crippen molar-refractivity contribution >= 4 is 12.2 Å². The fourth-order valence-corrected chi connectivity index (χ4v) is 0.416. The van der Waals surface area contributed by atoms with Crippen LogP contribution in [0.3, 0.4) is 0 Å². The number of nitrogens with one attached hydrogen (secondary N) is 1. The third-order valence-electron chi connectivity index (χ3n) is 0.882. The lowest BCUT2D eigenvalue weighted by Gasteiger charge is -1.76. The van der Waals surface area contributed by atoms with Gasteiger partial charge in [-0.1, -0.05) is 53.8 Å². The van der Waals surface area contributed by atoms with Crippen molar-refractivity contribution in [2.24, 2.45) is 0 Å². The average molecular weight is 262 g/mol.